The summed E-state index contributed by atoms with van der Waals surface area (Å²) in [5.74, 6) is 0.697. The van der Waals surface area contributed by atoms with E-state index >= 15 is 0 Å². The molecule has 3 aromatic rings. The summed E-state index contributed by atoms with van der Waals surface area (Å²) in [4.78, 5) is 28.2. The van der Waals surface area contributed by atoms with Crippen molar-refractivity contribution >= 4 is 33.7 Å². The summed E-state index contributed by atoms with van der Waals surface area (Å²) < 4.78 is 22.2. The summed E-state index contributed by atoms with van der Waals surface area (Å²) in [5.41, 5.74) is 8.26. The van der Waals surface area contributed by atoms with Crippen LogP contribution in [-0.4, -0.2) is 63.7 Å². The van der Waals surface area contributed by atoms with Crippen LogP contribution in [0.3, 0.4) is 0 Å². The zero-order chi connectivity index (χ0) is 29.9. The summed E-state index contributed by atoms with van der Waals surface area (Å²) in [6.45, 7) is 0.272. The Balaban J connectivity index is 1.83. The number of hydrogen-bond donors (Lipinski definition) is 3. The molecule has 3 rings (SSSR count). The van der Waals surface area contributed by atoms with Gasteiger partial charge in [0.2, 0.25) is 11.8 Å². The van der Waals surface area contributed by atoms with Gasteiger partial charge in [-0.2, -0.15) is 0 Å². The number of halogens is 1. The van der Waals surface area contributed by atoms with E-state index in [0.717, 1.165) is 20.5 Å². The molecular weight excluding hydrogens is 592 g/mol. The van der Waals surface area contributed by atoms with Gasteiger partial charge in [-0.25, -0.2) is 0 Å². The Bertz CT molecular complexity index is 1370. The highest BCUT2D eigenvalue weighted by atomic mass is 79.9. The molecule has 1 atom stereocenters. The maximum atomic E-state index is 13.6. The third-order valence-electron chi connectivity index (χ3n) is 6.46. The van der Waals surface area contributed by atoms with Crippen molar-refractivity contribution < 1.29 is 28.5 Å². The summed E-state index contributed by atoms with van der Waals surface area (Å²) >= 11 is 3.54. The minimum Gasteiger partial charge on any atom is -0.493 e. The molecule has 41 heavy (non-hydrogen) atoms. The second kappa shape index (κ2) is 14.9. The zero-order valence-electron chi connectivity index (χ0n) is 23.5. The first-order chi connectivity index (χ1) is 19.7. The number of guanidine groups is 1. The van der Waals surface area contributed by atoms with Gasteiger partial charge in [-0.3, -0.25) is 19.9 Å². The molecule has 0 aliphatic heterocycles. The lowest BCUT2D eigenvalue weighted by Gasteiger charge is -2.30. The number of carbonyl (C=O) groups is 2. The molecule has 0 spiro atoms. The lowest BCUT2D eigenvalue weighted by Crippen LogP contribution is -2.56. The topological polar surface area (TPSA) is 136 Å². The summed E-state index contributed by atoms with van der Waals surface area (Å²) in [6, 6.07) is 17.0. The third-order valence-corrected chi connectivity index (χ3v) is 7.20. The molecule has 2 amide bonds. The monoisotopic (exact) mass is 626 g/mol. The average Bonchev–Trinajstić information content (AvgIpc) is 2.97. The molecule has 4 N–H and O–H groups in total. The summed E-state index contributed by atoms with van der Waals surface area (Å²) in [5, 5.41) is 11.1. The van der Waals surface area contributed by atoms with Gasteiger partial charge in [-0.05, 0) is 47.4 Å². The van der Waals surface area contributed by atoms with E-state index in [-0.39, 0.29) is 19.4 Å². The number of nitrogens with zero attached hydrogens (tertiary/aromatic N) is 1. The van der Waals surface area contributed by atoms with Gasteiger partial charge < -0.3 is 30.0 Å². The van der Waals surface area contributed by atoms with E-state index in [0.29, 0.717) is 35.0 Å². The van der Waals surface area contributed by atoms with Crippen molar-refractivity contribution in [2.75, 3.05) is 35.0 Å². The number of hydrogen-bond acceptors (Lipinski definition) is 7. The van der Waals surface area contributed by atoms with Crippen LogP contribution in [0.15, 0.2) is 65.1 Å². The molecule has 0 saturated heterocycles. The van der Waals surface area contributed by atoms with Crippen molar-refractivity contribution in [3.8, 4) is 23.0 Å². The van der Waals surface area contributed by atoms with Crippen LogP contribution in [0.4, 0.5) is 0 Å². The molecule has 3 aromatic carbocycles. The summed E-state index contributed by atoms with van der Waals surface area (Å²) in [6.07, 6.45) is 0.547. The fourth-order valence-electron chi connectivity index (χ4n) is 4.39. The van der Waals surface area contributed by atoms with Crippen LogP contribution in [0.1, 0.15) is 16.7 Å². The Labute approximate surface area is 248 Å². The number of amides is 2. The minimum absolute atomic E-state index is 0.100. The predicted octanol–water partition coefficient (Wildman–Crippen LogP) is 3.72. The highest BCUT2D eigenvalue weighted by molar-refractivity contribution is 9.10. The molecule has 0 bridgehead atoms. The van der Waals surface area contributed by atoms with Crippen molar-refractivity contribution in [3.63, 3.8) is 0 Å². The van der Waals surface area contributed by atoms with Crippen molar-refractivity contribution in [2.45, 2.75) is 25.3 Å². The Kier molecular flexibility index (Phi) is 11.4. The number of benzene rings is 3. The Morgan fingerprint density at radius 2 is 1.49 bits per heavy atom. The second-order valence-corrected chi connectivity index (χ2v) is 9.91. The highest BCUT2D eigenvalue weighted by Gasteiger charge is 2.32. The number of carbonyl (C=O) groups excluding carboxylic acids is 2. The van der Waals surface area contributed by atoms with Gasteiger partial charge in [0.15, 0.2) is 29.0 Å². The third kappa shape index (κ3) is 8.14. The number of nitrogens with two attached hydrogens (primary N) is 1. The number of ether oxygens (including phenoxy) is 4. The first-order valence-electron chi connectivity index (χ1n) is 12.8. The number of rotatable bonds is 13. The van der Waals surface area contributed by atoms with Gasteiger partial charge in [-0.15, -0.1) is 0 Å². The number of methoxy groups -OCH3 is 4. The van der Waals surface area contributed by atoms with Crippen LogP contribution < -0.4 is 30.0 Å². The van der Waals surface area contributed by atoms with Crippen LogP contribution in [0.2, 0.25) is 0 Å². The molecule has 0 aromatic heterocycles. The van der Waals surface area contributed by atoms with E-state index < -0.39 is 23.8 Å². The molecule has 10 nitrogen and oxygen atoms in total. The standard InChI is InChI=1S/C30H35BrN4O6/c1-38-24-11-10-20(15-25(24)39-2)16-28(36)35(30(32)33)23(14-19-8-6-5-7-9-19)29(37)34-13-12-21-17-26(40-3)27(41-4)18-22(21)31/h5-11,15,17-18,23H,12-14,16H2,1-4H3,(H3,32,33)(H,34,37)/t23-/m1/s1. The SMILES string of the molecule is COc1ccc(CC(=O)N(C(=N)N)[C@H](Cc2ccccc2)C(=O)NCCc2cc(OC)c(OC)cc2Br)cc1OC. The smallest absolute Gasteiger partial charge is 0.243 e. The van der Waals surface area contributed by atoms with Gasteiger partial charge in [0.1, 0.15) is 6.04 Å². The molecule has 0 unspecified atom stereocenters. The average molecular weight is 628 g/mol. The molecule has 0 heterocycles. The predicted molar refractivity (Wildman–Crippen MR) is 160 cm³/mol. The van der Waals surface area contributed by atoms with Crippen molar-refractivity contribution in [1.29, 1.82) is 5.41 Å². The maximum absolute atomic E-state index is 13.6. The Morgan fingerprint density at radius 1 is 0.878 bits per heavy atom. The maximum Gasteiger partial charge on any atom is 0.243 e. The second-order valence-electron chi connectivity index (χ2n) is 9.06. The molecule has 11 heteroatoms. The normalized spacial score (nSPS) is 11.2. The quantitative estimate of drug-likeness (QED) is 0.194. The molecule has 0 aliphatic rings. The molecule has 0 saturated carbocycles. The van der Waals surface area contributed by atoms with Gasteiger partial charge in [0.05, 0.1) is 34.9 Å². The van der Waals surface area contributed by atoms with Gasteiger partial charge >= 0.3 is 0 Å². The van der Waals surface area contributed by atoms with Gasteiger partial charge in [-0.1, -0.05) is 52.3 Å². The lowest BCUT2D eigenvalue weighted by molar-refractivity contribution is -0.135. The van der Waals surface area contributed by atoms with Gasteiger partial charge in [0, 0.05) is 17.4 Å². The largest absolute Gasteiger partial charge is 0.493 e. The molecule has 0 fully saturated rings. The van der Waals surface area contributed by atoms with Gasteiger partial charge in [0.25, 0.3) is 0 Å². The van der Waals surface area contributed by atoms with E-state index in [1.54, 1.807) is 38.5 Å². The minimum atomic E-state index is -1.05. The van der Waals surface area contributed by atoms with E-state index in [9.17, 15) is 9.59 Å². The van der Waals surface area contributed by atoms with E-state index in [4.69, 9.17) is 30.1 Å². The first-order valence-corrected chi connectivity index (χ1v) is 13.6. The first kappa shape index (κ1) is 31.3. The van der Waals surface area contributed by atoms with Crippen LogP contribution in [0, 0.1) is 5.41 Å². The van der Waals surface area contributed by atoms with Crippen molar-refractivity contribution in [3.05, 3.63) is 81.8 Å². The van der Waals surface area contributed by atoms with Crippen molar-refractivity contribution in [2.24, 2.45) is 5.73 Å². The Hall–Kier alpha value is -4.25. The number of nitrogens with one attached hydrogen (secondary N) is 2. The molecule has 218 valence electrons. The van der Waals surface area contributed by atoms with E-state index in [1.807, 2.05) is 36.4 Å². The fraction of sp³-hybridized carbons (Fsp3) is 0.300. The van der Waals surface area contributed by atoms with E-state index in [2.05, 4.69) is 21.2 Å². The molecule has 0 radical (unpaired) electrons. The Morgan fingerprint density at radius 3 is 2.10 bits per heavy atom. The van der Waals surface area contributed by atoms with Crippen molar-refractivity contribution in [1.82, 2.24) is 10.2 Å². The van der Waals surface area contributed by atoms with E-state index in [1.165, 1.54) is 14.2 Å². The highest BCUT2D eigenvalue weighted by Crippen LogP contribution is 2.33. The fourth-order valence-corrected chi connectivity index (χ4v) is 4.91. The van der Waals surface area contributed by atoms with Crippen LogP contribution in [0.25, 0.3) is 0 Å². The zero-order valence-corrected chi connectivity index (χ0v) is 25.1. The molecule has 0 aliphatic carbocycles. The molecular formula is C30H35BrN4O6. The van der Waals surface area contributed by atoms with Crippen LogP contribution in [-0.2, 0) is 28.9 Å². The van der Waals surface area contributed by atoms with Crippen LogP contribution >= 0.6 is 15.9 Å². The lowest BCUT2D eigenvalue weighted by atomic mass is 10.0. The summed E-state index contributed by atoms with van der Waals surface area (Å²) in [7, 11) is 6.15. The van der Waals surface area contributed by atoms with Crippen LogP contribution in [0.5, 0.6) is 23.0 Å².